The van der Waals surface area contributed by atoms with Crippen molar-refractivity contribution < 1.29 is 19.1 Å². The van der Waals surface area contributed by atoms with Crippen LogP contribution in [-0.2, 0) is 11.3 Å². The molecule has 154 valence electrons. The third-order valence-electron chi connectivity index (χ3n) is 5.06. The van der Waals surface area contributed by atoms with Crippen LogP contribution in [0.2, 0.25) is 0 Å². The number of benzene rings is 2. The van der Waals surface area contributed by atoms with Gasteiger partial charge < -0.3 is 14.8 Å². The molecule has 2 N–H and O–H groups in total. The van der Waals surface area contributed by atoms with Crippen LogP contribution in [0.3, 0.4) is 0 Å². The second-order valence-corrected chi connectivity index (χ2v) is 6.95. The summed E-state index contributed by atoms with van der Waals surface area (Å²) in [7, 11) is 3.24. The molecule has 3 rings (SSSR count). The number of imide groups is 1. The fourth-order valence-corrected chi connectivity index (χ4v) is 3.63. The van der Waals surface area contributed by atoms with Crippen LogP contribution in [0.15, 0.2) is 48.5 Å². The molecule has 7 heteroatoms. The van der Waals surface area contributed by atoms with E-state index in [4.69, 9.17) is 9.47 Å². The molecule has 1 saturated heterocycles. The van der Waals surface area contributed by atoms with Crippen LogP contribution in [0.4, 0.5) is 4.79 Å². The molecule has 0 bridgehead atoms. The van der Waals surface area contributed by atoms with E-state index in [2.05, 4.69) is 15.5 Å². The number of hydrogen-bond acceptors (Lipinski definition) is 5. The van der Waals surface area contributed by atoms with Gasteiger partial charge in [0.05, 0.1) is 20.8 Å². The van der Waals surface area contributed by atoms with E-state index in [1.807, 2.05) is 48.5 Å². The quantitative estimate of drug-likeness (QED) is 0.751. The van der Waals surface area contributed by atoms with Gasteiger partial charge >= 0.3 is 6.03 Å². The molecule has 1 aliphatic rings. The largest absolute Gasteiger partial charge is 0.497 e. The Hall–Kier alpha value is -3.06. The molecule has 1 unspecified atom stereocenters. The number of carbonyl (C=O) groups is 2. The smallest absolute Gasteiger partial charge is 0.321 e. The molecule has 1 atom stereocenters. The van der Waals surface area contributed by atoms with E-state index < -0.39 is 6.03 Å². The number of rotatable bonds is 7. The van der Waals surface area contributed by atoms with Crippen molar-refractivity contribution in [2.45, 2.75) is 25.4 Å². The summed E-state index contributed by atoms with van der Waals surface area (Å²) in [6.07, 6.45) is 1.91. The van der Waals surface area contributed by atoms with E-state index in [0.717, 1.165) is 42.0 Å². The van der Waals surface area contributed by atoms with Crippen LogP contribution in [0, 0.1) is 0 Å². The standard InChI is InChI=1S/C22H27N3O4/c1-28-17-10-11-18(20(13-17)29-2)19-9-6-12-25(19)15-21(26)24-22(27)23-14-16-7-4-3-5-8-16/h3-5,7-8,10-11,13,19H,6,9,12,14-15H2,1-2H3,(H2,23,24,26,27). The average molecular weight is 397 g/mol. The molecule has 0 radical (unpaired) electrons. The van der Waals surface area contributed by atoms with Crippen LogP contribution in [0.5, 0.6) is 11.5 Å². The summed E-state index contributed by atoms with van der Waals surface area (Å²) in [5, 5.41) is 5.12. The molecule has 0 saturated carbocycles. The van der Waals surface area contributed by atoms with Gasteiger partial charge in [-0.15, -0.1) is 0 Å². The summed E-state index contributed by atoms with van der Waals surface area (Å²) < 4.78 is 10.8. The van der Waals surface area contributed by atoms with Gasteiger partial charge in [-0.3, -0.25) is 15.0 Å². The number of amides is 3. The third kappa shape index (κ3) is 5.48. The van der Waals surface area contributed by atoms with E-state index in [0.29, 0.717) is 6.54 Å². The summed E-state index contributed by atoms with van der Waals surface area (Å²) in [6.45, 7) is 1.31. The lowest BCUT2D eigenvalue weighted by molar-refractivity contribution is -0.121. The van der Waals surface area contributed by atoms with E-state index in [9.17, 15) is 9.59 Å². The monoisotopic (exact) mass is 397 g/mol. The van der Waals surface area contributed by atoms with E-state index in [1.54, 1.807) is 14.2 Å². The Kier molecular flexibility index (Phi) is 7.08. The van der Waals surface area contributed by atoms with Crippen molar-refractivity contribution >= 4 is 11.9 Å². The maximum atomic E-state index is 12.4. The molecule has 2 aromatic carbocycles. The van der Waals surface area contributed by atoms with Crippen molar-refractivity contribution in [3.05, 3.63) is 59.7 Å². The predicted octanol–water partition coefficient (Wildman–Crippen LogP) is 2.87. The van der Waals surface area contributed by atoms with Crippen molar-refractivity contribution in [3.63, 3.8) is 0 Å². The van der Waals surface area contributed by atoms with Crippen molar-refractivity contribution in [1.29, 1.82) is 0 Å². The van der Waals surface area contributed by atoms with Gasteiger partial charge in [-0.05, 0) is 31.0 Å². The number of urea groups is 1. The Morgan fingerprint density at radius 1 is 1.10 bits per heavy atom. The SMILES string of the molecule is COc1ccc(C2CCCN2CC(=O)NC(=O)NCc2ccccc2)c(OC)c1. The van der Waals surface area contributed by atoms with Gasteiger partial charge in [-0.1, -0.05) is 36.4 Å². The van der Waals surface area contributed by atoms with Crippen molar-refractivity contribution in [2.24, 2.45) is 0 Å². The lowest BCUT2D eigenvalue weighted by Gasteiger charge is -2.25. The number of ether oxygens (including phenoxy) is 2. The molecule has 1 heterocycles. The summed E-state index contributed by atoms with van der Waals surface area (Å²) >= 11 is 0. The number of likely N-dealkylation sites (tertiary alicyclic amines) is 1. The number of methoxy groups -OCH3 is 2. The third-order valence-corrected chi connectivity index (χ3v) is 5.06. The number of nitrogens with one attached hydrogen (secondary N) is 2. The molecule has 0 aliphatic carbocycles. The van der Waals surface area contributed by atoms with E-state index in [-0.39, 0.29) is 18.5 Å². The van der Waals surface area contributed by atoms with E-state index in [1.165, 1.54) is 0 Å². The van der Waals surface area contributed by atoms with Crippen LogP contribution in [0.25, 0.3) is 0 Å². The average Bonchev–Trinajstić information content (AvgIpc) is 3.20. The lowest BCUT2D eigenvalue weighted by Crippen LogP contribution is -2.44. The van der Waals surface area contributed by atoms with Crippen LogP contribution in [-0.4, -0.2) is 44.1 Å². The molecule has 1 aliphatic heterocycles. The first-order valence-electron chi connectivity index (χ1n) is 9.68. The van der Waals surface area contributed by atoms with Gasteiger partial charge in [-0.2, -0.15) is 0 Å². The molecule has 3 amide bonds. The maximum absolute atomic E-state index is 12.4. The Labute approximate surface area is 171 Å². The highest BCUT2D eigenvalue weighted by Crippen LogP contribution is 2.38. The second kappa shape index (κ2) is 9.93. The first kappa shape index (κ1) is 20.7. The molecular formula is C22H27N3O4. The van der Waals surface area contributed by atoms with Gasteiger partial charge in [0.2, 0.25) is 5.91 Å². The Morgan fingerprint density at radius 3 is 2.62 bits per heavy atom. The van der Waals surface area contributed by atoms with Crippen molar-refractivity contribution in [2.75, 3.05) is 27.3 Å². The molecule has 2 aromatic rings. The number of nitrogens with zero attached hydrogens (tertiary/aromatic N) is 1. The number of carbonyl (C=O) groups excluding carboxylic acids is 2. The minimum atomic E-state index is -0.489. The predicted molar refractivity (Wildman–Crippen MR) is 110 cm³/mol. The highest BCUT2D eigenvalue weighted by molar-refractivity contribution is 5.95. The first-order chi connectivity index (χ1) is 14.1. The maximum Gasteiger partial charge on any atom is 0.321 e. The molecule has 7 nitrogen and oxygen atoms in total. The second-order valence-electron chi connectivity index (χ2n) is 6.95. The van der Waals surface area contributed by atoms with Gasteiger partial charge in [0.1, 0.15) is 11.5 Å². The highest BCUT2D eigenvalue weighted by Gasteiger charge is 2.30. The fourth-order valence-electron chi connectivity index (χ4n) is 3.63. The molecule has 29 heavy (non-hydrogen) atoms. The minimum Gasteiger partial charge on any atom is -0.497 e. The fraction of sp³-hybridized carbons (Fsp3) is 0.364. The zero-order valence-corrected chi connectivity index (χ0v) is 16.8. The van der Waals surface area contributed by atoms with Gasteiger partial charge in [0, 0.05) is 24.2 Å². The minimum absolute atomic E-state index is 0.0639. The summed E-state index contributed by atoms with van der Waals surface area (Å²) in [6, 6.07) is 14.8. The molecule has 1 fully saturated rings. The van der Waals surface area contributed by atoms with Crippen molar-refractivity contribution in [3.8, 4) is 11.5 Å². The topological polar surface area (TPSA) is 79.9 Å². The summed E-state index contributed by atoms with van der Waals surface area (Å²) in [5.41, 5.74) is 1.99. The first-order valence-corrected chi connectivity index (χ1v) is 9.68. The Bertz CT molecular complexity index is 841. The van der Waals surface area contributed by atoms with Gasteiger partial charge in [0.15, 0.2) is 0 Å². The summed E-state index contributed by atoms with van der Waals surface area (Å²) in [4.78, 5) is 26.5. The zero-order chi connectivity index (χ0) is 20.6. The highest BCUT2D eigenvalue weighted by atomic mass is 16.5. The normalized spacial score (nSPS) is 16.3. The lowest BCUT2D eigenvalue weighted by atomic mass is 10.0. The van der Waals surface area contributed by atoms with E-state index >= 15 is 0 Å². The van der Waals surface area contributed by atoms with Gasteiger partial charge in [-0.25, -0.2) is 4.79 Å². The Balaban J connectivity index is 1.56. The van der Waals surface area contributed by atoms with Crippen molar-refractivity contribution in [1.82, 2.24) is 15.5 Å². The van der Waals surface area contributed by atoms with Crippen LogP contribution >= 0.6 is 0 Å². The molecule has 0 aromatic heterocycles. The molecular weight excluding hydrogens is 370 g/mol. The molecule has 0 spiro atoms. The number of hydrogen-bond donors (Lipinski definition) is 2. The van der Waals surface area contributed by atoms with Crippen LogP contribution in [0.1, 0.15) is 30.0 Å². The zero-order valence-electron chi connectivity index (χ0n) is 16.8. The van der Waals surface area contributed by atoms with Crippen LogP contribution < -0.4 is 20.1 Å². The van der Waals surface area contributed by atoms with Gasteiger partial charge in [0.25, 0.3) is 0 Å². The summed E-state index contributed by atoms with van der Waals surface area (Å²) in [5.74, 6) is 1.14. The Morgan fingerprint density at radius 2 is 1.90 bits per heavy atom.